The Hall–Kier alpha value is -2.60. The lowest BCUT2D eigenvalue weighted by Crippen LogP contribution is -2.31. The van der Waals surface area contributed by atoms with Gasteiger partial charge in [0.25, 0.3) is 0 Å². The highest BCUT2D eigenvalue weighted by molar-refractivity contribution is 8.00. The third kappa shape index (κ3) is 3.73. The van der Waals surface area contributed by atoms with Crippen LogP contribution in [0.25, 0.3) is 10.8 Å². The van der Waals surface area contributed by atoms with Crippen LogP contribution in [0.4, 0.5) is 5.95 Å². The molecule has 0 saturated heterocycles. The van der Waals surface area contributed by atoms with Gasteiger partial charge in [-0.15, -0.1) is 11.8 Å². The molecular formula is C16H14N4OS. The van der Waals surface area contributed by atoms with Crippen LogP contribution in [-0.2, 0) is 4.79 Å². The van der Waals surface area contributed by atoms with Crippen molar-refractivity contribution in [3.8, 4) is 0 Å². The molecule has 2 aromatic carbocycles. The summed E-state index contributed by atoms with van der Waals surface area (Å²) in [5.74, 6) is 0.551. The van der Waals surface area contributed by atoms with Gasteiger partial charge in [-0.25, -0.2) is 9.97 Å². The molecule has 110 valence electrons. The molecule has 0 aliphatic rings. The van der Waals surface area contributed by atoms with Gasteiger partial charge in [-0.3, -0.25) is 15.6 Å². The molecule has 0 fully saturated rings. The molecule has 0 saturated carbocycles. The van der Waals surface area contributed by atoms with Crippen molar-refractivity contribution in [1.29, 1.82) is 0 Å². The van der Waals surface area contributed by atoms with Gasteiger partial charge in [0, 0.05) is 17.3 Å². The van der Waals surface area contributed by atoms with E-state index in [2.05, 4.69) is 45.1 Å². The fraction of sp³-hybridized carbons (Fsp3) is 0.0625. The molecule has 3 rings (SSSR count). The predicted molar refractivity (Wildman–Crippen MR) is 88.5 cm³/mol. The predicted octanol–water partition coefficient (Wildman–Crippen LogP) is 2.87. The van der Waals surface area contributed by atoms with Gasteiger partial charge in [0.2, 0.25) is 11.9 Å². The summed E-state index contributed by atoms with van der Waals surface area (Å²) in [5, 5.41) is 2.36. The quantitative estimate of drug-likeness (QED) is 0.560. The van der Waals surface area contributed by atoms with Crippen LogP contribution in [0, 0.1) is 0 Å². The first-order valence-electron chi connectivity index (χ1n) is 6.75. The van der Waals surface area contributed by atoms with Crippen molar-refractivity contribution in [2.24, 2.45) is 0 Å². The third-order valence-electron chi connectivity index (χ3n) is 2.97. The summed E-state index contributed by atoms with van der Waals surface area (Å²) in [6, 6.07) is 16.0. The van der Waals surface area contributed by atoms with Crippen LogP contribution in [0.1, 0.15) is 0 Å². The maximum atomic E-state index is 11.8. The van der Waals surface area contributed by atoms with Crippen molar-refractivity contribution >= 4 is 34.4 Å². The Balaban J connectivity index is 1.53. The molecule has 2 N–H and O–H groups in total. The van der Waals surface area contributed by atoms with E-state index >= 15 is 0 Å². The maximum Gasteiger partial charge on any atom is 0.248 e. The largest absolute Gasteiger partial charge is 0.272 e. The average molecular weight is 310 g/mol. The first-order valence-corrected chi connectivity index (χ1v) is 7.73. The van der Waals surface area contributed by atoms with Crippen LogP contribution in [0.5, 0.6) is 0 Å². The summed E-state index contributed by atoms with van der Waals surface area (Å²) < 4.78 is 0. The zero-order valence-electron chi connectivity index (χ0n) is 11.7. The molecule has 0 aliphatic heterocycles. The first-order chi connectivity index (χ1) is 10.8. The van der Waals surface area contributed by atoms with Crippen molar-refractivity contribution in [2.75, 3.05) is 11.2 Å². The van der Waals surface area contributed by atoms with E-state index in [4.69, 9.17) is 0 Å². The number of thioether (sulfide) groups is 1. The van der Waals surface area contributed by atoms with Gasteiger partial charge in [-0.2, -0.15) is 0 Å². The molecule has 0 unspecified atom stereocenters. The number of nitrogens with one attached hydrogen (secondary N) is 2. The highest BCUT2D eigenvalue weighted by Crippen LogP contribution is 2.23. The van der Waals surface area contributed by atoms with Gasteiger partial charge in [0.1, 0.15) is 0 Å². The van der Waals surface area contributed by atoms with Crippen LogP contribution >= 0.6 is 11.8 Å². The van der Waals surface area contributed by atoms with E-state index in [-0.39, 0.29) is 5.91 Å². The van der Waals surface area contributed by atoms with E-state index in [9.17, 15) is 4.79 Å². The second-order valence-corrected chi connectivity index (χ2v) is 5.59. The zero-order valence-corrected chi connectivity index (χ0v) is 12.5. The third-order valence-corrected chi connectivity index (χ3v) is 3.96. The average Bonchev–Trinajstić information content (AvgIpc) is 2.59. The number of nitrogens with zero attached hydrogens (tertiary/aromatic N) is 2. The van der Waals surface area contributed by atoms with E-state index in [1.54, 1.807) is 18.5 Å². The lowest BCUT2D eigenvalue weighted by Gasteiger charge is -2.07. The first kappa shape index (κ1) is 14.3. The van der Waals surface area contributed by atoms with Gasteiger partial charge in [0.05, 0.1) is 5.75 Å². The summed E-state index contributed by atoms with van der Waals surface area (Å²) in [5.41, 5.74) is 5.25. The number of aromatic nitrogens is 2. The number of amides is 1. The minimum Gasteiger partial charge on any atom is -0.272 e. The number of rotatable bonds is 5. The Bertz CT molecular complexity index is 779. The van der Waals surface area contributed by atoms with Crippen LogP contribution < -0.4 is 10.9 Å². The fourth-order valence-electron chi connectivity index (χ4n) is 1.93. The number of carbonyl (C=O) groups excluding carboxylic acids is 1. The number of hydrazine groups is 1. The Morgan fingerprint density at radius 1 is 1.00 bits per heavy atom. The zero-order chi connectivity index (χ0) is 15.2. The highest BCUT2D eigenvalue weighted by atomic mass is 32.2. The number of benzene rings is 2. The summed E-state index contributed by atoms with van der Waals surface area (Å²) in [7, 11) is 0. The molecule has 0 aliphatic carbocycles. The van der Waals surface area contributed by atoms with Gasteiger partial charge in [-0.05, 0) is 29.0 Å². The van der Waals surface area contributed by atoms with Gasteiger partial charge < -0.3 is 0 Å². The standard InChI is InChI=1S/C16H14N4OS/c21-15(19-20-16-17-8-3-9-18-16)11-22-14-7-6-12-4-1-2-5-13(12)10-14/h1-10H,11H2,(H,19,21)(H,17,18,20). The lowest BCUT2D eigenvalue weighted by atomic mass is 10.1. The Kier molecular flexibility index (Phi) is 4.50. The fourth-order valence-corrected chi connectivity index (χ4v) is 2.68. The smallest absolute Gasteiger partial charge is 0.248 e. The van der Waals surface area contributed by atoms with Crippen molar-refractivity contribution in [3.63, 3.8) is 0 Å². The molecule has 5 nitrogen and oxygen atoms in total. The number of fused-ring (bicyclic) bond motifs is 1. The van der Waals surface area contributed by atoms with Crippen molar-refractivity contribution in [1.82, 2.24) is 15.4 Å². The van der Waals surface area contributed by atoms with E-state index in [0.717, 1.165) is 4.90 Å². The number of anilines is 1. The highest BCUT2D eigenvalue weighted by Gasteiger charge is 2.04. The monoisotopic (exact) mass is 310 g/mol. The lowest BCUT2D eigenvalue weighted by molar-refractivity contribution is -0.118. The van der Waals surface area contributed by atoms with Crippen molar-refractivity contribution in [3.05, 3.63) is 60.9 Å². The second-order valence-electron chi connectivity index (χ2n) is 4.54. The van der Waals surface area contributed by atoms with E-state index in [0.29, 0.717) is 11.7 Å². The van der Waals surface area contributed by atoms with Crippen LogP contribution in [0.3, 0.4) is 0 Å². The summed E-state index contributed by atoms with van der Waals surface area (Å²) in [6.07, 6.45) is 3.20. The van der Waals surface area contributed by atoms with Crippen LogP contribution in [0.15, 0.2) is 65.8 Å². The minimum absolute atomic E-state index is 0.134. The molecule has 6 heteroatoms. The molecule has 0 radical (unpaired) electrons. The molecule has 0 spiro atoms. The topological polar surface area (TPSA) is 66.9 Å². The molecular weight excluding hydrogens is 296 g/mol. The normalized spacial score (nSPS) is 10.4. The van der Waals surface area contributed by atoms with Gasteiger partial charge in [-0.1, -0.05) is 30.3 Å². The molecule has 1 heterocycles. The van der Waals surface area contributed by atoms with E-state index < -0.39 is 0 Å². The Morgan fingerprint density at radius 2 is 1.77 bits per heavy atom. The van der Waals surface area contributed by atoms with Gasteiger partial charge in [0.15, 0.2) is 0 Å². The van der Waals surface area contributed by atoms with E-state index in [1.165, 1.54) is 22.5 Å². The van der Waals surface area contributed by atoms with Crippen LogP contribution in [-0.4, -0.2) is 21.6 Å². The Labute approximate surface area is 132 Å². The number of carbonyl (C=O) groups is 1. The van der Waals surface area contributed by atoms with Crippen molar-refractivity contribution in [2.45, 2.75) is 4.90 Å². The molecule has 1 amide bonds. The molecule has 0 bridgehead atoms. The molecule has 0 atom stereocenters. The van der Waals surface area contributed by atoms with Crippen molar-refractivity contribution < 1.29 is 4.79 Å². The Morgan fingerprint density at radius 3 is 2.59 bits per heavy atom. The maximum absolute atomic E-state index is 11.8. The van der Waals surface area contributed by atoms with Gasteiger partial charge >= 0.3 is 0 Å². The SMILES string of the molecule is O=C(CSc1ccc2ccccc2c1)NNc1ncccn1. The number of hydrogen-bond donors (Lipinski definition) is 2. The molecule has 3 aromatic rings. The van der Waals surface area contributed by atoms with Crippen LogP contribution in [0.2, 0.25) is 0 Å². The molecule has 1 aromatic heterocycles. The summed E-state index contributed by atoms with van der Waals surface area (Å²) in [4.78, 5) is 20.8. The summed E-state index contributed by atoms with van der Waals surface area (Å²) in [6.45, 7) is 0. The second kappa shape index (κ2) is 6.91. The molecule has 22 heavy (non-hydrogen) atoms. The number of hydrogen-bond acceptors (Lipinski definition) is 5. The summed E-state index contributed by atoms with van der Waals surface area (Å²) >= 11 is 1.49. The minimum atomic E-state index is -0.134. The van der Waals surface area contributed by atoms with E-state index in [1.807, 2.05) is 18.2 Å².